The second-order valence-corrected chi connectivity index (χ2v) is 3.12. The van der Waals surface area contributed by atoms with Crippen LogP contribution in [0.1, 0.15) is 12.8 Å². The number of rotatable bonds is 5. The van der Waals surface area contributed by atoms with Crippen LogP contribution in [0.2, 0.25) is 0 Å². The molecule has 1 fully saturated rings. The highest BCUT2D eigenvalue weighted by molar-refractivity contribution is 5.81. The van der Waals surface area contributed by atoms with Gasteiger partial charge in [0.05, 0.1) is 6.54 Å². The molecule has 3 nitrogen and oxygen atoms in total. The zero-order chi connectivity index (χ0) is 8.27. The number of carbonyl (C=O) groups excluding carboxylic acids is 1. The number of Topliss-reactive ketones (excluding diaryl/α,β-unsaturated/α-hetero) is 1. The molecule has 0 amide bonds. The molecule has 0 spiro atoms. The van der Waals surface area contributed by atoms with Gasteiger partial charge >= 0.3 is 0 Å². The van der Waals surface area contributed by atoms with E-state index in [0.29, 0.717) is 12.6 Å². The summed E-state index contributed by atoms with van der Waals surface area (Å²) >= 11 is 0. The van der Waals surface area contributed by atoms with E-state index in [1.165, 1.54) is 12.8 Å². The SMILES string of the molecule is COCC(=O)CN(C)C1CC1. The first-order valence-electron chi connectivity index (χ1n) is 3.95. The molecular formula is C8H15NO2. The van der Waals surface area contributed by atoms with E-state index in [1.807, 2.05) is 7.05 Å². The van der Waals surface area contributed by atoms with Gasteiger partial charge < -0.3 is 4.74 Å². The average Bonchev–Trinajstić information content (AvgIpc) is 2.67. The lowest BCUT2D eigenvalue weighted by Crippen LogP contribution is -2.29. The van der Waals surface area contributed by atoms with Gasteiger partial charge in [-0.15, -0.1) is 0 Å². The molecule has 0 saturated heterocycles. The maximum absolute atomic E-state index is 11.0. The summed E-state index contributed by atoms with van der Waals surface area (Å²) in [5, 5.41) is 0. The van der Waals surface area contributed by atoms with E-state index in [1.54, 1.807) is 7.11 Å². The Hall–Kier alpha value is -0.410. The molecule has 1 rings (SSSR count). The lowest BCUT2D eigenvalue weighted by Gasteiger charge is -2.13. The van der Waals surface area contributed by atoms with E-state index < -0.39 is 0 Å². The monoisotopic (exact) mass is 157 g/mol. The highest BCUT2D eigenvalue weighted by atomic mass is 16.5. The topological polar surface area (TPSA) is 29.5 Å². The minimum atomic E-state index is 0.168. The van der Waals surface area contributed by atoms with Crippen molar-refractivity contribution in [2.45, 2.75) is 18.9 Å². The minimum absolute atomic E-state index is 0.168. The predicted octanol–water partition coefficient (Wildman–Crippen LogP) is 0.296. The largest absolute Gasteiger partial charge is 0.377 e. The van der Waals surface area contributed by atoms with Crippen molar-refractivity contribution in [3.8, 4) is 0 Å². The first-order chi connectivity index (χ1) is 5.24. The third kappa shape index (κ3) is 2.99. The van der Waals surface area contributed by atoms with Crippen molar-refractivity contribution in [2.75, 3.05) is 27.3 Å². The first kappa shape index (κ1) is 8.68. The van der Waals surface area contributed by atoms with E-state index in [9.17, 15) is 4.79 Å². The Balaban J connectivity index is 2.12. The number of hydrogen-bond acceptors (Lipinski definition) is 3. The zero-order valence-electron chi connectivity index (χ0n) is 7.17. The van der Waals surface area contributed by atoms with Gasteiger partial charge in [-0.25, -0.2) is 0 Å². The summed E-state index contributed by atoms with van der Waals surface area (Å²) in [6.07, 6.45) is 2.49. The van der Waals surface area contributed by atoms with Crippen molar-refractivity contribution in [3.63, 3.8) is 0 Å². The first-order valence-corrected chi connectivity index (χ1v) is 3.95. The molecular weight excluding hydrogens is 142 g/mol. The van der Waals surface area contributed by atoms with Gasteiger partial charge in [-0.05, 0) is 19.9 Å². The molecule has 1 saturated carbocycles. The Labute approximate surface area is 67.3 Å². The van der Waals surface area contributed by atoms with Crippen LogP contribution in [0.5, 0.6) is 0 Å². The van der Waals surface area contributed by atoms with Crippen LogP contribution in [-0.2, 0) is 9.53 Å². The fourth-order valence-electron chi connectivity index (χ4n) is 1.13. The molecule has 0 atom stereocenters. The second kappa shape index (κ2) is 3.83. The van der Waals surface area contributed by atoms with Crippen molar-refractivity contribution >= 4 is 5.78 Å². The van der Waals surface area contributed by atoms with Gasteiger partial charge in [0.15, 0.2) is 5.78 Å². The molecule has 64 valence electrons. The molecule has 0 bridgehead atoms. The Kier molecular flexibility index (Phi) is 3.02. The van der Waals surface area contributed by atoms with Crippen molar-refractivity contribution in [2.24, 2.45) is 0 Å². The number of methoxy groups -OCH3 is 1. The molecule has 3 heteroatoms. The lowest BCUT2D eigenvalue weighted by atomic mass is 10.4. The molecule has 0 aliphatic heterocycles. The van der Waals surface area contributed by atoms with Crippen LogP contribution in [0, 0.1) is 0 Å². The molecule has 1 aliphatic carbocycles. The summed E-state index contributed by atoms with van der Waals surface area (Å²) in [5.74, 6) is 0.168. The summed E-state index contributed by atoms with van der Waals surface area (Å²) < 4.78 is 4.73. The van der Waals surface area contributed by atoms with Crippen LogP contribution < -0.4 is 0 Å². The third-order valence-corrected chi connectivity index (χ3v) is 1.90. The van der Waals surface area contributed by atoms with E-state index >= 15 is 0 Å². The molecule has 0 N–H and O–H groups in total. The zero-order valence-corrected chi connectivity index (χ0v) is 7.17. The number of carbonyl (C=O) groups is 1. The molecule has 11 heavy (non-hydrogen) atoms. The number of ether oxygens (including phenoxy) is 1. The van der Waals surface area contributed by atoms with E-state index in [0.717, 1.165) is 0 Å². The Morgan fingerprint density at radius 3 is 2.73 bits per heavy atom. The number of likely N-dealkylation sites (N-methyl/N-ethyl adjacent to an activating group) is 1. The lowest BCUT2D eigenvalue weighted by molar-refractivity contribution is -0.123. The van der Waals surface area contributed by atoms with Crippen LogP contribution in [-0.4, -0.2) is 44.0 Å². The molecule has 0 unspecified atom stereocenters. The number of hydrogen-bond donors (Lipinski definition) is 0. The standard InChI is InChI=1S/C8H15NO2/c1-9(7-3-4-7)5-8(10)6-11-2/h7H,3-6H2,1-2H3. The molecule has 1 aliphatic rings. The Bertz CT molecular complexity index is 143. The van der Waals surface area contributed by atoms with Gasteiger partial charge in [-0.3, -0.25) is 9.69 Å². The number of nitrogens with zero attached hydrogens (tertiary/aromatic N) is 1. The molecule has 0 radical (unpaired) electrons. The summed E-state index contributed by atoms with van der Waals surface area (Å²) in [5.41, 5.74) is 0. The van der Waals surface area contributed by atoms with E-state index in [2.05, 4.69) is 4.90 Å². The molecule has 0 heterocycles. The molecule has 0 aromatic heterocycles. The average molecular weight is 157 g/mol. The summed E-state index contributed by atoms with van der Waals surface area (Å²) in [7, 11) is 3.54. The van der Waals surface area contributed by atoms with Crippen LogP contribution >= 0.6 is 0 Å². The Morgan fingerprint density at radius 2 is 2.27 bits per heavy atom. The fourth-order valence-corrected chi connectivity index (χ4v) is 1.13. The van der Waals surface area contributed by atoms with Crippen LogP contribution in [0.3, 0.4) is 0 Å². The van der Waals surface area contributed by atoms with Crippen LogP contribution in [0.4, 0.5) is 0 Å². The van der Waals surface area contributed by atoms with Crippen LogP contribution in [0.15, 0.2) is 0 Å². The summed E-state index contributed by atoms with van der Waals surface area (Å²) in [4.78, 5) is 13.1. The van der Waals surface area contributed by atoms with Crippen molar-refractivity contribution in [1.29, 1.82) is 0 Å². The van der Waals surface area contributed by atoms with Gasteiger partial charge in [-0.1, -0.05) is 0 Å². The fraction of sp³-hybridized carbons (Fsp3) is 0.875. The quantitative estimate of drug-likeness (QED) is 0.574. The predicted molar refractivity (Wildman–Crippen MR) is 42.5 cm³/mol. The van der Waals surface area contributed by atoms with E-state index in [-0.39, 0.29) is 12.4 Å². The van der Waals surface area contributed by atoms with E-state index in [4.69, 9.17) is 4.74 Å². The Morgan fingerprint density at radius 1 is 1.64 bits per heavy atom. The number of ketones is 1. The molecule has 0 aromatic rings. The summed E-state index contributed by atoms with van der Waals surface area (Å²) in [6, 6.07) is 0.663. The highest BCUT2D eigenvalue weighted by Gasteiger charge is 2.26. The minimum Gasteiger partial charge on any atom is -0.377 e. The second-order valence-electron chi connectivity index (χ2n) is 3.12. The van der Waals surface area contributed by atoms with Crippen LogP contribution in [0.25, 0.3) is 0 Å². The van der Waals surface area contributed by atoms with Gasteiger partial charge in [0.1, 0.15) is 6.61 Å². The van der Waals surface area contributed by atoms with Crippen molar-refractivity contribution in [3.05, 3.63) is 0 Å². The summed E-state index contributed by atoms with van der Waals surface area (Å²) in [6.45, 7) is 0.787. The maximum Gasteiger partial charge on any atom is 0.172 e. The third-order valence-electron chi connectivity index (χ3n) is 1.90. The maximum atomic E-state index is 11.0. The van der Waals surface area contributed by atoms with Gasteiger partial charge in [-0.2, -0.15) is 0 Å². The van der Waals surface area contributed by atoms with Gasteiger partial charge in [0, 0.05) is 13.2 Å². The normalized spacial score (nSPS) is 17.4. The van der Waals surface area contributed by atoms with Crippen molar-refractivity contribution in [1.82, 2.24) is 4.90 Å². The highest BCUT2D eigenvalue weighted by Crippen LogP contribution is 2.24. The molecule has 0 aromatic carbocycles. The van der Waals surface area contributed by atoms with Crippen molar-refractivity contribution < 1.29 is 9.53 Å². The smallest absolute Gasteiger partial charge is 0.172 e. The van der Waals surface area contributed by atoms with Gasteiger partial charge in [0.2, 0.25) is 0 Å². The van der Waals surface area contributed by atoms with Gasteiger partial charge in [0.25, 0.3) is 0 Å².